The normalized spacial score (nSPS) is 40.0. The number of nitrogens with one attached hydrogen (secondary N) is 1. The molecule has 5 atom stereocenters. The number of carbonyl (C=O) groups excluding carboxylic acids is 1. The van der Waals surface area contributed by atoms with E-state index in [-0.39, 0.29) is 0 Å². The van der Waals surface area contributed by atoms with Gasteiger partial charge in [0.2, 0.25) is 5.91 Å². The second-order valence-corrected chi connectivity index (χ2v) is 7.71. The van der Waals surface area contributed by atoms with E-state index in [1.165, 1.54) is 51.4 Å². The van der Waals surface area contributed by atoms with Crippen LogP contribution in [0, 0.1) is 29.6 Å². The first kappa shape index (κ1) is 14.7. The lowest BCUT2D eigenvalue weighted by Gasteiger charge is -2.30. The largest absolute Gasteiger partial charge is 0.356 e. The smallest absolute Gasteiger partial charge is 0.220 e. The lowest BCUT2D eigenvalue weighted by atomic mass is 9.80. The molecule has 0 saturated heterocycles. The molecule has 3 aliphatic carbocycles. The van der Waals surface area contributed by atoms with Crippen LogP contribution in [0.5, 0.6) is 0 Å². The van der Waals surface area contributed by atoms with Crippen LogP contribution < -0.4 is 5.32 Å². The average Bonchev–Trinajstić information content (AvgIpc) is 3.08. The molecule has 0 aliphatic heterocycles. The summed E-state index contributed by atoms with van der Waals surface area (Å²) in [5.74, 6) is 4.77. The van der Waals surface area contributed by atoms with Crippen LogP contribution in [0.3, 0.4) is 0 Å². The SMILES string of the molecule is O=C(CC1CC2CCC1C2)NCC1CCCCC1CCl. The van der Waals surface area contributed by atoms with E-state index in [1.54, 1.807) is 0 Å². The van der Waals surface area contributed by atoms with Crippen molar-refractivity contribution in [3.8, 4) is 0 Å². The fraction of sp³-hybridized carbons (Fsp3) is 0.941. The molecule has 5 unspecified atom stereocenters. The maximum atomic E-state index is 12.2. The summed E-state index contributed by atoms with van der Waals surface area (Å²) in [7, 11) is 0. The van der Waals surface area contributed by atoms with Gasteiger partial charge in [0.25, 0.3) is 0 Å². The number of alkyl halides is 1. The number of fused-ring (bicyclic) bond motifs is 2. The minimum absolute atomic E-state index is 0.293. The Kier molecular flexibility index (Phi) is 4.91. The fourth-order valence-corrected chi connectivity index (χ4v) is 5.34. The van der Waals surface area contributed by atoms with E-state index in [4.69, 9.17) is 11.6 Å². The first-order valence-electron chi connectivity index (χ1n) is 8.59. The molecule has 0 spiro atoms. The second-order valence-electron chi connectivity index (χ2n) is 7.40. The second kappa shape index (κ2) is 6.68. The summed E-state index contributed by atoms with van der Waals surface area (Å²) in [4.78, 5) is 12.2. The van der Waals surface area contributed by atoms with Gasteiger partial charge in [-0.15, -0.1) is 11.6 Å². The first-order valence-corrected chi connectivity index (χ1v) is 9.12. The van der Waals surface area contributed by atoms with E-state index in [0.29, 0.717) is 23.7 Å². The number of carbonyl (C=O) groups is 1. The average molecular weight is 298 g/mol. The fourth-order valence-electron chi connectivity index (χ4n) is 4.94. The summed E-state index contributed by atoms with van der Waals surface area (Å²) in [6, 6.07) is 0. The Morgan fingerprint density at radius 1 is 1.00 bits per heavy atom. The van der Waals surface area contributed by atoms with Crippen molar-refractivity contribution >= 4 is 17.5 Å². The van der Waals surface area contributed by atoms with E-state index in [1.807, 2.05) is 0 Å². The summed E-state index contributed by atoms with van der Waals surface area (Å²) in [6.07, 6.45) is 11.4. The number of amides is 1. The quantitative estimate of drug-likeness (QED) is 0.764. The van der Waals surface area contributed by atoms with Crippen molar-refractivity contribution in [1.82, 2.24) is 5.32 Å². The zero-order valence-corrected chi connectivity index (χ0v) is 13.2. The minimum Gasteiger partial charge on any atom is -0.356 e. The summed E-state index contributed by atoms with van der Waals surface area (Å²) in [5, 5.41) is 3.21. The molecule has 0 aromatic heterocycles. The van der Waals surface area contributed by atoms with Gasteiger partial charge in [0, 0.05) is 18.8 Å². The van der Waals surface area contributed by atoms with Gasteiger partial charge >= 0.3 is 0 Å². The molecule has 2 bridgehead atoms. The van der Waals surface area contributed by atoms with Crippen molar-refractivity contribution in [1.29, 1.82) is 0 Å². The van der Waals surface area contributed by atoms with E-state index < -0.39 is 0 Å². The zero-order valence-electron chi connectivity index (χ0n) is 12.5. The summed E-state index contributed by atoms with van der Waals surface area (Å²) in [5.41, 5.74) is 0. The molecule has 2 nitrogen and oxygen atoms in total. The molecule has 0 aromatic rings. The molecule has 0 aromatic carbocycles. The lowest BCUT2D eigenvalue weighted by Crippen LogP contribution is -2.36. The van der Waals surface area contributed by atoms with Gasteiger partial charge in [-0.3, -0.25) is 4.79 Å². The molecule has 114 valence electrons. The summed E-state index contributed by atoms with van der Waals surface area (Å²) in [6.45, 7) is 0.858. The summed E-state index contributed by atoms with van der Waals surface area (Å²) < 4.78 is 0. The number of hydrogen-bond donors (Lipinski definition) is 1. The standard InChI is InChI=1S/C17H28ClNO/c18-10-14-3-1-2-4-15(14)11-19-17(20)9-16-8-12-5-6-13(16)7-12/h12-16H,1-11H2,(H,19,20). The van der Waals surface area contributed by atoms with Crippen molar-refractivity contribution in [2.75, 3.05) is 12.4 Å². The number of halogens is 1. The predicted molar refractivity (Wildman–Crippen MR) is 82.7 cm³/mol. The molecule has 1 amide bonds. The van der Waals surface area contributed by atoms with Gasteiger partial charge in [-0.25, -0.2) is 0 Å². The monoisotopic (exact) mass is 297 g/mol. The Labute approximate surface area is 128 Å². The van der Waals surface area contributed by atoms with Crippen LogP contribution >= 0.6 is 11.6 Å². The van der Waals surface area contributed by atoms with Crippen LogP contribution in [-0.2, 0) is 4.79 Å². The van der Waals surface area contributed by atoms with Crippen molar-refractivity contribution in [2.45, 2.75) is 57.8 Å². The molecule has 0 heterocycles. The van der Waals surface area contributed by atoms with Gasteiger partial charge in [0.15, 0.2) is 0 Å². The van der Waals surface area contributed by atoms with Crippen molar-refractivity contribution in [3.63, 3.8) is 0 Å². The van der Waals surface area contributed by atoms with Crippen LogP contribution in [0.25, 0.3) is 0 Å². The van der Waals surface area contributed by atoms with E-state index >= 15 is 0 Å². The topological polar surface area (TPSA) is 29.1 Å². The maximum Gasteiger partial charge on any atom is 0.220 e. The minimum atomic E-state index is 0.293. The third kappa shape index (κ3) is 3.32. The van der Waals surface area contributed by atoms with Gasteiger partial charge in [-0.2, -0.15) is 0 Å². The molecule has 3 heteroatoms. The Hall–Kier alpha value is -0.240. The third-order valence-electron chi connectivity index (χ3n) is 6.16. The summed E-state index contributed by atoms with van der Waals surface area (Å²) >= 11 is 6.06. The van der Waals surface area contributed by atoms with Gasteiger partial charge in [0.05, 0.1) is 0 Å². The highest BCUT2D eigenvalue weighted by Crippen LogP contribution is 2.49. The lowest BCUT2D eigenvalue weighted by molar-refractivity contribution is -0.122. The van der Waals surface area contributed by atoms with Crippen molar-refractivity contribution < 1.29 is 4.79 Å². The van der Waals surface area contributed by atoms with Crippen molar-refractivity contribution in [3.05, 3.63) is 0 Å². The highest BCUT2D eigenvalue weighted by Gasteiger charge is 2.40. The molecule has 3 saturated carbocycles. The molecule has 3 rings (SSSR count). The van der Waals surface area contributed by atoms with Crippen LogP contribution in [0.1, 0.15) is 57.8 Å². The zero-order chi connectivity index (χ0) is 13.9. The molecule has 20 heavy (non-hydrogen) atoms. The van der Waals surface area contributed by atoms with Crippen LogP contribution in [0.2, 0.25) is 0 Å². The van der Waals surface area contributed by atoms with Crippen LogP contribution in [-0.4, -0.2) is 18.3 Å². The number of rotatable bonds is 5. The molecule has 3 fully saturated rings. The molecule has 0 radical (unpaired) electrons. The molecule has 1 N–H and O–H groups in total. The van der Waals surface area contributed by atoms with Gasteiger partial charge in [-0.1, -0.05) is 19.3 Å². The third-order valence-corrected chi connectivity index (χ3v) is 6.55. The highest BCUT2D eigenvalue weighted by atomic mass is 35.5. The molecule has 3 aliphatic rings. The van der Waals surface area contributed by atoms with Crippen LogP contribution in [0.15, 0.2) is 0 Å². The van der Waals surface area contributed by atoms with Gasteiger partial charge < -0.3 is 5.32 Å². The Morgan fingerprint density at radius 3 is 2.45 bits per heavy atom. The van der Waals surface area contributed by atoms with Gasteiger partial charge in [0.1, 0.15) is 0 Å². The Balaban J connectivity index is 1.40. The van der Waals surface area contributed by atoms with E-state index in [9.17, 15) is 4.79 Å². The van der Waals surface area contributed by atoms with Crippen molar-refractivity contribution in [2.24, 2.45) is 29.6 Å². The first-order chi connectivity index (χ1) is 9.76. The van der Waals surface area contributed by atoms with Crippen LogP contribution in [0.4, 0.5) is 0 Å². The maximum absolute atomic E-state index is 12.2. The predicted octanol–water partition coefficient (Wildman–Crippen LogP) is 3.97. The number of hydrogen-bond acceptors (Lipinski definition) is 1. The van der Waals surface area contributed by atoms with Gasteiger partial charge in [-0.05, 0) is 61.7 Å². The van der Waals surface area contributed by atoms with E-state index in [2.05, 4.69) is 5.32 Å². The molecular weight excluding hydrogens is 270 g/mol. The Bertz CT molecular complexity index is 346. The Morgan fingerprint density at radius 2 is 1.80 bits per heavy atom. The highest BCUT2D eigenvalue weighted by molar-refractivity contribution is 6.18. The molecular formula is C17H28ClNO. The van der Waals surface area contributed by atoms with E-state index in [0.717, 1.165) is 30.7 Å².